The van der Waals surface area contributed by atoms with E-state index < -0.39 is 15.9 Å². The average Bonchev–Trinajstić information content (AvgIpc) is 2.24. The van der Waals surface area contributed by atoms with Crippen LogP contribution in [0.15, 0.2) is 12.1 Å². The minimum Gasteiger partial charge on any atom is -0.323 e. The van der Waals surface area contributed by atoms with Crippen molar-refractivity contribution in [3.8, 4) is 0 Å². The van der Waals surface area contributed by atoms with E-state index in [9.17, 15) is 8.42 Å². The molecule has 0 aliphatic heterocycles. The fourth-order valence-corrected chi connectivity index (χ4v) is 4.19. The number of hydrogen-bond acceptors (Lipinski definition) is 3. The normalized spacial score (nSPS) is 13.5. The lowest BCUT2D eigenvalue weighted by Crippen LogP contribution is -2.25. The maximum atomic E-state index is 12.0. The van der Waals surface area contributed by atoms with E-state index in [1.165, 1.54) is 5.56 Å². The molecule has 2 N–H and O–H groups in total. The van der Waals surface area contributed by atoms with Gasteiger partial charge in [-0.3, -0.25) is 0 Å². The summed E-state index contributed by atoms with van der Waals surface area (Å²) in [5, 5.41) is 0. The number of nitrogens with two attached hydrogens (primary N) is 1. The van der Waals surface area contributed by atoms with Gasteiger partial charge in [0.1, 0.15) is 0 Å². The Morgan fingerprint density at radius 3 is 2.16 bits per heavy atom. The first kappa shape index (κ1) is 16.2. The number of hydrogen-bond donors (Lipinski definition) is 1. The Morgan fingerprint density at radius 1 is 1.16 bits per heavy atom. The van der Waals surface area contributed by atoms with Crippen LogP contribution in [0, 0.1) is 20.8 Å². The van der Waals surface area contributed by atoms with E-state index in [4.69, 9.17) is 5.73 Å². The van der Waals surface area contributed by atoms with Gasteiger partial charge in [0.25, 0.3) is 0 Å². The molecule has 0 aliphatic carbocycles. The second-order valence-corrected chi connectivity index (χ2v) is 7.62. The van der Waals surface area contributed by atoms with E-state index in [1.807, 2.05) is 27.7 Å². The smallest absolute Gasteiger partial charge is 0.152 e. The molecule has 1 rings (SSSR count). The molecule has 0 aromatic heterocycles. The molecule has 0 spiro atoms. The average molecular weight is 283 g/mol. The minimum absolute atomic E-state index is 0.0394. The van der Waals surface area contributed by atoms with Crippen LogP contribution in [0.2, 0.25) is 0 Å². The Bertz CT molecular complexity index is 512. The summed E-state index contributed by atoms with van der Waals surface area (Å²) in [6.45, 7) is 8.01. The van der Waals surface area contributed by atoms with Crippen molar-refractivity contribution in [1.29, 1.82) is 0 Å². The van der Waals surface area contributed by atoms with E-state index in [0.717, 1.165) is 23.1 Å². The van der Waals surface area contributed by atoms with Gasteiger partial charge in [-0.25, -0.2) is 8.42 Å². The van der Waals surface area contributed by atoms with Crippen LogP contribution >= 0.6 is 0 Å². The first-order chi connectivity index (χ1) is 8.76. The first-order valence-electron chi connectivity index (χ1n) is 6.80. The molecule has 3 nitrogen and oxygen atoms in total. The molecule has 1 aromatic rings. The van der Waals surface area contributed by atoms with Gasteiger partial charge in [-0.15, -0.1) is 0 Å². The van der Waals surface area contributed by atoms with Crippen molar-refractivity contribution in [2.24, 2.45) is 5.73 Å². The van der Waals surface area contributed by atoms with Gasteiger partial charge in [-0.2, -0.15) is 0 Å². The quantitative estimate of drug-likeness (QED) is 0.873. The molecule has 0 bridgehead atoms. The van der Waals surface area contributed by atoms with Crippen molar-refractivity contribution in [3.63, 3.8) is 0 Å². The monoisotopic (exact) mass is 283 g/mol. The second-order valence-electron chi connectivity index (χ2n) is 5.39. The number of sulfone groups is 1. The van der Waals surface area contributed by atoms with Crippen LogP contribution in [-0.2, 0) is 9.84 Å². The highest BCUT2D eigenvalue weighted by atomic mass is 32.2. The van der Waals surface area contributed by atoms with Crippen LogP contribution < -0.4 is 5.73 Å². The van der Waals surface area contributed by atoms with Crippen molar-refractivity contribution in [2.45, 2.75) is 46.6 Å². The summed E-state index contributed by atoms with van der Waals surface area (Å²) in [5.41, 5.74) is 10.4. The Morgan fingerprint density at radius 2 is 1.68 bits per heavy atom. The SMILES string of the molecule is CCCCS(=O)(=O)CC(N)c1c(C)cc(C)cc1C. The summed E-state index contributed by atoms with van der Waals surface area (Å²) in [7, 11) is -3.06. The molecule has 1 atom stereocenters. The van der Waals surface area contributed by atoms with Crippen LogP contribution in [0.5, 0.6) is 0 Å². The number of unbranched alkanes of at least 4 members (excludes halogenated alkanes) is 1. The number of rotatable bonds is 6. The molecule has 1 aromatic carbocycles. The third-order valence-corrected chi connectivity index (χ3v) is 5.13. The summed E-state index contributed by atoms with van der Waals surface area (Å²) in [6.07, 6.45) is 1.60. The van der Waals surface area contributed by atoms with Crippen LogP contribution in [-0.4, -0.2) is 19.9 Å². The van der Waals surface area contributed by atoms with Crippen molar-refractivity contribution in [2.75, 3.05) is 11.5 Å². The standard InChI is InChI=1S/C15H25NO2S/c1-5-6-7-19(17,18)10-14(16)15-12(3)8-11(2)9-13(15)4/h8-9,14H,5-7,10,16H2,1-4H3. The zero-order valence-corrected chi connectivity index (χ0v) is 13.2. The van der Waals surface area contributed by atoms with Crippen molar-refractivity contribution in [3.05, 3.63) is 34.4 Å². The number of aryl methyl sites for hydroxylation is 3. The van der Waals surface area contributed by atoms with Gasteiger partial charge >= 0.3 is 0 Å². The van der Waals surface area contributed by atoms with Crippen molar-refractivity contribution < 1.29 is 8.42 Å². The summed E-state index contributed by atoms with van der Waals surface area (Å²) < 4.78 is 24.0. The van der Waals surface area contributed by atoms with E-state index >= 15 is 0 Å². The third kappa shape index (κ3) is 4.62. The maximum Gasteiger partial charge on any atom is 0.152 e. The highest BCUT2D eigenvalue weighted by molar-refractivity contribution is 7.91. The van der Waals surface area contributed by atoms with Crippen LogP contribution in [0.25, 0.3) is 0 Å². The largest absolute Gasteiger partial charge is 0.323 e. The van der Waals surface area contributed by atoms with Gasteiger partial charge in [0.2, 0.25) is 0 Å². The summed E-state index contributed by atoms with van der Waals surface area (Å²) in [4.78, 5) is 0. The van der Waals surface area contributed by atoms with E-state index in [-0.39, 0.29) is 11.5 Å². The fourth-order valence-electron chi connectivity index (χ4n) is 2.58. The van der Waals surface area contributed by atoms with Gasteiger partial charge < -0.3 is 5.73 Å². The molecule has 0 aliphatic rings. The summed E-state index contributed by atoms with van der Waals surface area (Å²) in [6, 6.07) is 3.68. The Labute approximate surface area is 117 Å². The molecule has 1 unspecified atom stereocenters. The predicted molar refractivity (Wildman–Crippen MR) is 81.1 cm³/mol. The zero-order chi connectivity index (χ0) is 14.6. The lowest BCUT2D eigenvalue weighted by atomic mass is 9.95. The summed E-state index contributed by atoms with van der Waals surface area (Å²) in [5.74, 6) is 0.277. The molecular formula is C15H25NO2S. The molecule has 0 amide bonds. The topological polar surface area (TPSA) is 60.2 Å². The third-order valence-electron chi connectivity index (χ3n) is 3.35. The van der Waals surface area contributed by atoms with Crippen molar-refractivity contribution in [1.82, 2.24) is 0 Å². The van der Waals surface area contributed by atoms with E-state index in [2.05, 4.69) is 12.1 Å². The molecule has 0 saturated carbocycles. The second kappa shape index (κ2) is 6.53. The van der Waals surface area contributed by atoms with Gasteiger partial charge in [-0.05, 0) is 43.9 Å². The van der Waals surface area contributed by atoms with E-state index in [0.29, 0.717) is 6.42 Å². The molecule has 0 fully saturated rings. The molecule has 0 saturated heterocycles. The molecule has 4 heteroatoms. The Hall–Kier alpha value is -0.870. The first-order valence-corrected chi connectivity index (χ1v) is 8.62. The number of benzene rings is 1. The van der Waals surface area contributed by atoms with E-state index in [1.54, 1.807) is 0 Å². The van der Waals surface area contributed by atoms with Gasteiger partial charge in [0.05, 0.1) is 11.5 Å². The molecular weight excluding hydrogens is 258 g/mol. The van der Waals surface area contributed by atoms with Gasteiger partial charge in [0, 0.05) is 6.04 Å². The Kier molecular flexibility index (Phi) is 5.56. The highest BCUT2D eigenvalue weighted by Gasteiger charge is 2.20. The molecule has 19 heavy (non-hydrogen) atoms. The summed E-state index contributed by atoms with van der Waals surface area (Å²) >= 11 is 0. The Balaban J connectivity index is 2.93. The van der Waals surface area contributed by atoms with Gasteiger partial charge in [-0.1, -0.05) is 31.0 Å². The molecule has 0 heterocycles. The fraction of sp³-hybridized carbons (Fsp3) is 0.600. The van der Waals surface area contributed by atoms with Crippen LogP contribution in [0.4, 0.5) is 0 Å². The lowest BCUT2D eigenvalue weighted by Gasteiger charge is -2.18. The lowest BCUT2D eigenvalue weighted by molar-refractivity contribution is 0.585. The van der Waals surface area contributed by atoms with Crippen LogP contribution in [0.1, 0.15) is 48.1 Å². The van der Waals surface area contributed by atoms with Crippen LogP contribution in [0.3, 0.4) is 0 Å². The predicted octanol–water partition coefficient (Wildman–Crippen LogP) is 2.83. The van der Waals surface area contributed by atoms with Gasteiger partial charge in [0.15, 0.2) is 9.84 Å². The highest BCUT2D eigenvalue weighted by Crippen LogP contribution is 2.23. The zero-order valence-electron chi connectivity index (χ0n) is 12.4. The molecule has 108 valence electrons. The van der Waals surface area contributed by atoms with Crippen molar-refractivity contribution >= 4 is 9.84 Å². The maximum absolute atomic E-state index is 12.0. The molecule has 0 radical (unpaired) electrons. The minimum atomic E-state index is -3.06.